The molecular formula is C24H24FN3O2. The molecule has 0 aliphatic carbocycles. The van der Waals surface area contributed by atoms with Gasteiger partial charge in [0.25, 0.3) is 0 Å². The average molecular weight is 405 g/mol. The normalized spacial score (nSPS) is 23.8. The summed E-state index contributed by atoms with van der Waals surface area (Å²) in [6.07, 6.45) is 4.61. The first-order valence-corrected chi connectivity index (χ1v) is 10.5. The molecule has 0 unspecified atom stereocenters. The van der Waals surface area contributed by atoms with Gasteiger partial charge in [-0.1, -0.05) is 36.4 Å². The fourth-order valence-electron chi connectivity index (χ4n) is 5.10. The number of nitrogens with zero attached hydrogens (tertiary/aromatic N) is 1. The number of amides is 2. The number of aromatic nitrogens is 1. The van der Waals surface area contributed by atoms with Gasteiger partial charge in [0.2, 0.25) is 11.8 Å². The van der Waals surface area contributed by atoms with E-state index in [-0.39, 0.29) is 42.2 Å². The minimum atomic E-state index is -0.377. The second-order valence-corrected chi connectivity index (χ2v) is 8.24. The lowest BCUT2D eigenvalue weighted by atomic mass is 10.0. The number of para-hydroxylation sites is 1. The van der Waals surface area contributed by atoms with Gasteiger partial charge in [-0.25, -0.2) is 4.39 Å². The number of likely N-dealkylation sites (tertiary alicyclic amines) is 1. The molecule has 2 aliphatic rings. The quantitative estimate of drug-likeness (QED) is 0.695. The zero-order valence-corrected chi connectivity index (χ0v) is 16.6. The van der Waals surface area contributed by atoms with Gasteiger partial charge in [-0.15, -0.1) is 0 Å². The molecule has 2 N–H and O–H groups in total. The number of carbonyl (C=O) groups is 2. The van der Waals surface area contributed by atoms with E-state index in [0.29, 0.717) is 18.4 Å². The number of fused-ring (bicyclic) bond motifs is 2. The molecule has 0 radical (unpaired) electrons. The summed E-state index contributed by atoms with van der Waals surface area (Å²) in [4.78, 5) is 30.8. The van der Waals surface area contributed by atoms with Crippen molar-refractivity contribution in [1.29, 1.82) is 0 Å². The predicted octanol–water partition coefficient (Wildman–Crippen LogP) is 3.86. The van der Waals surface area contributed by atoms with E-state index < -0.39 is 0 Å². The minimum Gasteiger partial charge on any atom is -0.361 e. The highest BCUT2D eigenvalue weighted by molar-refractivity contribution is 5.89. The number of halogens is 1. The largest absolute Gasteiger partial charge is 0.361 e. The van der Waals surface area contributed by atoms with Gasteiger partial charge < -0.3 is 15.2 Å². The first kappa shape index (κ1) is 18.9. The number of aromatic amines is 1. The van der Waals surface area contributed by atoms with Crippen molar-refractivity contribution in [3.8, 4) is 0 Å². The Balaban J connectivity index is 1.50. The van der Waals surface area contributed by atoms with Crippen LogP contribution in [0.4, 0.5) is 4.39 Å². The summed E-state index contributed by atoms with van der Waals surface area (Å²) >= 11 is 0. The van der Waals surface area contributed by atoms with Crippen molar-refractivity contribution in [2.45, 2.75) is 50.2 Å². The van der Waals surface area contributed by atoms with Crippen molar-refractivity contribution >= 4 is 22.7 Å². The van der Waals surface area contributed by atoms with Crippen LogP contribution in [0.25, 0.3) is 10.9 Å². The van der Waals surface area contributed by atoms with Crippen LogP contribution in [-0.4, -0.2) is 33.8 Å². The smallest absolute Gasteiger partial charge is 0.227 e. The number of hydrogen-bond acceptors (Lipinski definition) is 2. The molecule has 2 amide bonds. The van der Waals surface area contributed by atoms with Gasteiger partial charge >= 0.3 is 0 Å². The molecule has 3 atom stereocenters. The van der Waals surface area contributed by atoms with E-state index in [1.165, 1.54) is 6.07 Å². The van der Waals surface area contributed by atoms with E-state index in [0.717, 1.165) is 29.3 Å². The predicted molar refractivity (Wildman–Crippen MR) is 112 cm³/mol. The number of hydrogen-bond donors (Lipinski definition) is 2. The van der Waals surface area contributed by atoms with Crippen molar-refractivity contribution in [3.63, 3.8) is 0 Å². The molecule has 2 aromatic carbocycles. The molecule has 2 aliphatic heterocycles. The third-order valence-corrected chi connectivity index (χ3v) is 6.45. The Hall–Kier alpha value is -3.15. The summed E-state index contributed by atoms with van der Waals surface area (Å²) in [6, 6.07) is 13.9. The molecule has 5 nitrogen and oxygen atoms in total. The summed E-state index contributed by atoms with van der Waals surface area (Å²) in [5, 5.41) is 4.10. The van der Waals surface area contributed by atoms with Gasteiger partial charge in [-0.2, -0.15) is 0 Å². The minimum absolute atomic E-state index is 0.0145. The Morgan fingerprint density at radius 3 is 2.80 bits per heavy atom. The summed E-state index contributed by atoms with van der Waals surface area (Å²) < 4.78 is 14.7. The Labute approximate surface area is 174 Å². The Kier molecular flexibility index (Phi) is 4.77. The molecule has 6 heteroatoms. The van der Waals surface area contributed by atoms with E-state index >= 15 is 0 Å². The first-order chi connectivity index (χ1) is 14.6. The molecule has 3 aromatic rings. The maximum absolute atomic E-state index is 14.7. The lowest BCUT2D eigenvalue weighted by molar-refractivity contribution is -0.134. The molecule has 1 aromatic heterocycles. The Morgan fingerprint density at radius 2 is 1.93 bits per heavy atom. The third-order valence-electron chi connectivity index (χ3n) is 6.45. The number of nitrogens with one attached hydrogen (secondary N) is 2. The molecule has 2 fully saturated rings. The van der Waals surface area contributed by atoms with Crippen molar-refractivity contribution in [2.24, 2.45) is 0 Å². The molecule has 5 rings (SSSR count). The standard InChI is InChI=1S/C24H24FN3O2/c25-18-8-3-1-7-17(18)22-13-20-21(10-5-11-23(29)27-20)28(22)24(30)12-15-14-26-19-9-4-2-6-16(15)19/h1-4,6-9,14,20-22,26H,5,10-13H2,(H,27,29)/t20-,21+,22+/m1/s1. The SMILES string of the molecule is O=C1CCC[C@H]2[C@@H](C[C@@H](c3ccccc3F)N2C(=O)Cc2c[nH]c3ccccc23)N1. The Bertz CT molecular complexity index is 1110. The number of H-pyrrole nitrogens is 1. The maximum Gasteiger partial charge on any atom is 0.227 e. The van der Waals surface area contributed by atoms with E-state index in [2.05, 4.69) is 10.3 Å². The molecule has 154 valence electrons. The monoisotopic (exact) mass is 405 g/mol. The second kappa shape index (κ2) is 7.59. The van der Waals surface area contributed by atoms with E-state index in [1.807, 2.05) is 35.4 Å². The molecule has 3 heterocycles. The fourth-order valence-corrected chi connectivity index (χ4v) is 5.10. The van der Waals surface area contributed by atoms with Gasteiger partial charge in [0.15, 0.2) is 0 Å². The maximum atomic E-state index is 14.7. The number of rotatable bonds is 3. The zero-order chi connectivity index (χ0) is 20.7. The fraction of sp³-hybridized carbons (Fsp3) is 0.333. The molecule has 0 spiro atoms. The molecular weight excluding hydrogens is 381 g/mol. The van der Waals surface area contributed by atoms with Crippen LogP contribution < -0.4 is 5.32 Å². The van der Waals surface area contributed by atoms with Crippen molar-refractivity contribution in [3.05, 3.63) is 71.7 Å². The number of carbonyl (C=O) groups excluding carboxylic acids is 2. The van der Waals surface area contributed by atoms with Gasteiger partial charge in [0, 0.05) is 29.1 Å². The first-order valence-electron chi connectivity index (χ1n) is 10.5. The average Bonchev–Trinajstić information content (AvgIpc) is 3.25. The van der Waals surface area contributed by atoms with E-state index in [4.69, 9.17) is 0 Å². The van der Waals surface area contributed by atoms with Crippen molar-refractivity contribution < 1.29 is 14.0 Å². The van der Waals surface area contributed by atoms with Gasteiger partial charge in [-0.3, -0.25) is 9.59 Å². The van der Waals surface area contributed by atoms with Crippen LogP contribution in [0.1, 0.15) is 42.9 Å². The van der Waals surface area contributed by atoms with Crippen LogP contribution in [0.2, 0.25) is 0 Å². The van der Waals surface area contributed by atoms with Crippen molar-refractivity contribution in [1.82, 2.24) is 15.2 Å². The topological polar surface area (TPSA) is 65.2 Å². The van der Waals surface area contributed by atoms with Gasteiger partial charge in [0.1, 0.15) is 5.82 Å². The lowest BCUT2D eigenvalue weighted by Crippen LogP contribution is -2.45. The van der Waals surface area contributed by atoms with Gasteiger partial charge in [0.05, 0.1) is 24.5 Å². The van der Waals surface area contributed by atoms with Crippen molar-refractivity contribution in [2.75, 3.05) is 0 Å². The second-order valence-electron chi connectivity index (χ2n) is 8.24. The summed E-state index contributed by atoms with van der Waals surface area (Å²) in [5.41, 5.74) is 2.45. The summed E-state index contributed by atoms with van der Waals surface area (Å²) in [7, 11) is 0. The van der Waals surface area contributed by atoms with E-state index in [1.54, 1.807) is 18.2 Å². The molecule has 30 heavy (non-hydrogen) atoms. The molecule has 2 saturated heterocycles. The highest BCUT2D eigenvalue weighted by Crippen LogP contribution is 2.40. The van der Waals surface area contributed by atoms with Crippen LogP contribution in [0.5, 0.6) is 0 Å². The molecule has 0 bridgehead atoms. The van der Waals surface area contributed by atoms with Crippen LogP contribution in [0.3, 0.4) is 0 Å². The highest BCUT2D eigenvalue weighted by atomic mass is 19.1. The van der Waals surface area contributed by atoms with E-state index in [9.17, 15) is 14.0 Å². The Morgan fingerprint density at radius 1 is 1.13 bits per heavy atom. The molecule has 0 saturated carbocycles. The van der Waals surface area contributed by atoms with Crippen LogP contribution in [-0.2, 0) is 16.0 Å². The van der Waals surface area contributed by atoms with Gasteiger partial charge in [-0.05, 0) is 37.0 Å². The summed E-state index contributed by atoms with van der Waals surface area (Å²) in [6.45, 7) is 0. The third kappa shape index (κ3) is 3.26. The zero-order valence-electron chi connectivity index (χ0n) is 16.6. The van der Waals surface area contributed by atoms with Crippen LogP contribution >= 0.6 is 0 Å². The lowest BCUT2D eigenvalue weighted by Gasteiger charge is -2.31. The number of benzene rings is 2. The van der Waals surface area contributed by atoms with Crippen LogP contribution in [0.15, 0.2) is 54.7 Å². The summed E-state index contributed by atoms with van der Waals surface area (Å²) in [5.74, 6) is -0.326. The van der Waals surface area contributed by atoms with Crippen LogP contribution in [0, 0.1) is 5.82 Å². The highest BCUT2D eigenvalue weighted by Gasteiger charge is 2.46.